The van der Waals surface area contributed by atoms with Crippen LogP contribution in [-0.4, -0.2) is 0 Å². The van der Waals surface area contributed by atoms with Gasteiger partial charge in [0.25, 0.3) is 0 Å². The summed E-state index contributed by atoms with van der Waals surface area (Å²) in [5.74, 6) is -9.17. The van der Waals surface area contributed by atoms with Gasteiger partial charge >= 0.3 is 6.18 Å². The Kier molecular flexibility index (Phi) is 3.22. The highest BCUT2D eigenvalue weighted by molar-refractivity contribution is 5.63. The van der Waals surface area contributed by atoms with E-state index in [4.69, 9.17) is 0 Å². The molecule has 0 nitrogen and oxygen atoms in total. The summed E-state index contributed by atoms with van der Waals surface area (Å²) in [6.07, 6.45) is -5.52. The summed E-state index contributed by atoms with van der Waals surface area (Å²) in [5, 5.41) is 0. The quantitative estimate of drug-likeness (QED) is 0.520. The number of rotatable bonds is 1. The molecular formula is C10H5F7. The molecule has 0 radical (unpaired) electrons. The number of allylic oxidation sites excluding steroid dienone is 1. The maximum absolute atomic E-state index is 13.1. The molecule has 1 aromatic rings. The van der Waals surface area contributed by atoms with Crippen molar-refractivity contribution in [2.24, 2.45) is 0 Å². The van der Waals surface area contributed by atoms with Crippen LogP contribution in [0.2, 0.25) is 0 Å². The van der Waals surface area contributed by atoms with Crippen molar-refractivity contribution in [3.05, 3.63) is 41.0 Å². The van der Waals surface area contributed by atoms with Gasteiger partial charge in [0.15, 0.2) is 23.3 Å². The molecule has 0 N–H and O–H groups in total. The normalized spacial score (nSPS) is 11.8. The molecule has 0 unspecified atom stereocenters. The van der Waals surface area contributed by atoms with Gasteiger partial charge in [0, 0.05) is 0 Å². The van der Waals surface area contributed by atoms with Gasteiger partial charge in [-0.2, -0.15) is 13.2 Å². The molecule has 0 saturated carbocycles. The van der Waals surface area contributed by atoms with E-state index in [0.717, 1.165) is 6.92 Å². The number of hydrogen-bond acceptors (Lipinski definition) is 0. The number of halogens is 7. The molecule has 0 aliphatic carbocycles. The van der Waals surface area contributed by atoms with Crippen LogP contribution in [0.3, 0.4) is 0 Å². The second-order valence-electron chi connectivity index (χ2n) is 3.28. The molecule has 94 valence electrons. The summed E-state index contributed by atoms with van der Waals surface area (Å²) in [6, 6.07) is 0. The van der Waals surface area contributed by atoms with Gasteiger partial charge in [-0.3, -0.25) is 0 Å². The van der Waals surface area contributed by atoms with Gasteiger partial charge in [-0.05, 0) is 12.5 Å². The average Bonchev–Trinajstić information content (AvgIpc) is 2.12. The van der Waals surface area contributed by atoms with Gasteiger partial charge in [-0.15, -0.1) is 0 Å². The lowest BCUT2D eigenvalue weighted by Gasteiger charge is -2.13. The first-order chi connectivity index (χ1) is 7.59. The Morgan fingerprint density at radius 2 is 1.24 bits per heavy atom. The van der Waals surface area contributed by atoms with E-state index in [1.807, 2.05) is 0 Å². The monoisotopic (exact) mass is 258 g/mol. The summed E-state index contributed by atoms with van der Waals surface area (Å²) >= 11 is 0. The molecule has 0 saturated heterocycles. The SMILES string of the molecule is C=C(C)c1c(F)c(F)c(C(F)(F)F)c(F)c1F. The lowest BCUT2D eigenvalue weighted by atomic mass is 10.0. The molecular weight excluding hydrogens is 253 g/mol. The zero-order valence-corrected chi connectivity index (χ0v) is 8.35. The first kappa shape index (κ1) is 13.5. The highest BCUT2D eigenvalue weighted by Gasteiger charge is 2.42. The van der Waals surface area contributed by atoms with Crippen LogP contribution in [-0.2, 0) is 6.18 Å². The Morgan fingerprint density at radius 3 is 1.47 bits per heavy atom. The van der Waals surface area contributed by atoms with Crippen LogP contribution in [0.4, 0.5) is 30.7 Å². The summed E-state index contributed by atoms with van der Waals surface area (Å²) < 4.78 is 88.8. The van der Waals surface area contributed by atoms with Crippen LogP contribution in [0, 0.1) is 23.3 Å². The Hall–Kier alpha value is -1.53. The summed E-state index contributed by atoms with van der Waals surface area (Å²) in [4.78, 5) is 0. The third-order valence-corrected chi connectivity index (χ3v) is 1.97. The van der Waals surface area contributed by atoms with Crippen LogP contribution in [0.25, 0.3) is 5.57 Å². The van der Waals surface area contributed by atoms with Crippen LogP contribution in [0.5, 0.6) is 0 Å². The second-order valence-corrected chi connectivity index (χ2v) is 3.28. The fourth-order valence-corrected chi connectivity index (χ4v) is 1.26. The van der Waals surface area contributed by atoms with Crippen molar-refractivity contribution in [1.82, 2.24) is 0 Å². The van der Waals surface area contributed by atoms with Crippen molar-refractivity contribution in [1.29, 1.82) is 0 Å². The lowest BCUT2D eigenvalue weighted by Crippen LogP contribution is -2.16. The van der Waals surface area contributed by atoms with E-state index < -0.39 is 46.1 Å². The molecule has 1 rings (SSSR count). The molecule has 0 aliphatic heterocycles. The molecule has 1 aromatic carbocycles. The van der Waals surface area contributed by atoms with Gasteiger partial charge < -0.3 is 0 Å². The van der Waals surface area contributed by atoms with Crippen molar-refractivity contribution in [2.75, 3.05) is 0 Å². The molecule has 0 atom stereocenters. The first-order valence-electron chi connectivity index (χ1n) is 4.18. The molecule has 0 amide bonds. The minimum atomic E-state index is -5.52. The van der Waals surface area contributed by atoms with E-state index in [9.17, 15) is 30.7 Å². The smallest absolute Gasteiger partial charge is 0.203 e. The Labute approximate surface area is 91.4 Å². The molecule has 0 fully saturated rings. The van der Waals surface area contributed by atoms with Gasteiger partial charge in [0.1, 0.15) is 5.56 Å². The highest BCUT2D eigenvalue weighted by Crippen LogP contribution is 2.38. The number of hydrogen-bond donors (Lipinski definition) is 0. The van der Waals surface area contributed by atoms with E-state index in [-0.39, 0.29) is 0 Å². The number of benzene rings is 1. The molecule has 0 spiro atoms. The van der Waals surface area contributed by atoms with Gasteiger partial charge in [0.2, 0.25) is 0 Å². The van der Waals surface area contributed by atoms with Crippen LogP contribution < -0.4 is 0 Å². The van der Waals surface area contributed by atoms with E-state index >= 15 is 0 Å². The first-order valence-corrected chi connectivity index (χ1v) is 4.18. The van der Waals surface area contributed by atoms with Crippen molar-refractivity contribution >= 4 is 5.57 Å². The summed E-state index contributed by atoms with van der Waals surface area (Å²) in [5.41, 5.74) is -4.24. The molecule has 0 aromatic heterocycles. The van der Waals surface area contributed by atoms with E-state index in [1.165, 1.54) is 0 Å². The Morgan fingerprint density at radius 1 is 0.882 bits per heavy atom. The van der Waals surface area contributed by atoms with Gasteiger partial charge in [-0.1, -0.05) is 6.58 Å². The topological polar surface area (TPSA) is 0 Å². The number of alkyl halides is 3. The molecule has 17 heavy (non-hydrogen) atoms. The van der Waals surface area contributed by atoms with Gasteiger partial charge in [-0.25, -0.2) is 17.6 Å². The maximum atomic E-state index is 13.1. The van der Waals surface area contributed by atoms with Crippen molar-refractivity contribution in [3.63, 3.8) is 0 Å². The van der Waals surface area contributed by atoms with E-state index in [2.05, 4.69) is 6.58 Å². The predicted octanol–water partition coefficient (Wildman–Crippen LogP) is 4.29. The zero-order chi connectivity index (χ0) is 13.5. The molecule has 7 heteroatoms. The van der Waals surface area contributed by atoms with E-state index in [0.29, 0.717) is 0 Å². The minimum Gasteiger partial charge on any atom is -0.203 e. The summed E-state index contributed by atoms with van der Waals surface area (Å²) in [7, 11) is 0. The van der Waals surface area contributed by atoms with Crippen LogP contribution >= 0.6 is 0 Å². The lowest BCUT2D eigenvalue weighted by molar-refractivity contribution is -0.143. The third kappa shape index (κ3) is 2.13. The minimum absolute atomic E-state index is 0.425. The maximum Gasteiger partial charge on any atom is 0.422 e. The Balaban J connectivity index is 3.77. The fraction of sp³-hybridized carbons (Fsp3) is 0.200. The second kappa shape index (κ2) is 4.05. The van der Waals surface area contributed by atoms with Crippen LogP contribution in [0.15, 0.2) is 6.58 Å². The third-order valence-electron chi connectivity index (χ3n) is 1.97. The summed E-state index contributed by atoms with van der Waals surface area (Å²) in [6.45, 7) is 4.03. The highest BCUT2D eigenvalue weighted by atomic mass is 19.4. The molecule has 0 aliphatic rings. The average molecular weight is 258 g/mol. The predicted molar refractivity (Wildman–Crippen MR) is 46.0 cm³/mol. The fourth-order valence-electron chi connectivity index (χ4n) is 1.26. The molecule has 0 bridgehead atoms. The zero-order valence-electron chi connectivity index (χ0n) is 8.35. The molecule has 0 heterocycles. The largest absolute Gasteiger partial charge is 0.422 e. The van der Waals surface area contributed by atoms with Crippen LogP contribution in [0.1, 0.15) is 18.1 Å². The van der Waals surface area contributed by atoms with Gasteiger partial charge in [0.05, 0.1) is 5.56 Å². The van der Waals surface area contributed by atoms with Crippen molar-refractivity contribution in [3.8, 4) is 0 Å². The standard InChI is InChI=1S/C10H5F7/c1-3(2)4-6(11)8(13)5(10(15,16)17)9(14)7(4)12/h1H2,2H3. The Bertz CT molecular complexity index is 455. The van der Waals surface area contributed by atoms with E-state index in [1.54, 1.807) is 0 Å². The van der Waals surface area contributed by atoms with Crippen molar-refractivity contribution < 1.29 is 30.7 Å². The van der Waals surface area contributed by atoms with Crippen molar-refractivity contribution in [2.45, 2.75) is 13.1 Å².